The second kappa shape index (κ2) is 8.85. The number of ether oxygens (including phenoxy) is 4. The molecular formula is C23H24N2O5S. The van der Waals surface area contributed by atoms with E-state index in [0.29, 0.717) is 52.9 Å². The lowest BCUT2D eigenvalue weighted by Crippen LogP contribution is -2.33. The molecule has 1 amide bonds. The maximum atomic E-state index is 12.7. The van der Waals surface area contributed by atoms with E-state index in [-0.39, 0.29) is 12.7 Å². The van der Waals surface area contributed by atoms with E-state index in [4.69, 9.17) is 31.2 Å². The molecule has 0 aliphatic carbocycles. The Kier molecular flexibility index (Phi) is 5.99. The SMILES string of the molecule is COc1ccc(/C=C2/NC(=S)N(CC(C)C)C2=O)cc1COc1ccc2c(c1)OCO2. The van der Waals surface area contributed by atoms with Crippen molar-refractivity contribution < 1.29 is 23.7 Å². The lowest BCUT2D eigenvalue weighted by Gasteiger charge is -2.16. The van der Waals surface area contributed by atoms with Gasteiger partial charge in [-0.05, 0) is 54.0 Å². The molecule has 0 spiro atoms. The number of hydrogen-bond donors (Lipinski definition) is 1. The van der Waals surface area contributed by atoms with Crippen LogP contribution >= 0.6 is 12.2 Å². The Balaban J connectivity index is 1.52. The van der Waals surface area contributed by atoms with E-state index in [9.17, 15) is 4.79 Å². The molecule has 2 aromatic carbocycles. The number of methoxy groups -OCH3 is 1. The molecule has 2 heterocycles. The highest BCUT2D eigenvalue weighted by atomic mass is 32.1. The van der Waals surface area contributed by atoms with Gasteiger partial charge in [-0.3, -0.25) is 9.69 Å². The zero-order chi connectivity index (χ0) is 22.0. The minimum Gasteiger partial charge on any atom is -0.496 e. The molecule has 4 rings (SSSR count). The first kappa shape index (κ1) is 21.0. The van der Waals surface area contributed by atoms with Crippen molar-refractivity contribution in [1.82, 2.24) is 10.2 Å². The van der Waals surface area contributed by atoms with Crippen molar-refractivity contribution in [1.29, 1.82) is 0 Å². The van der Waals surface area contributed by atoms with Crippen molar-refractivity contribution >= 4 is 29.3 Å². The normalized spacial score (nSPS) is 16.3. The van der Waals surface area contributed by atoms with Crippen molar-refractivity contribution in [3.63, 3.8) is 0 Å². The third kappa shape index (κ3) is 4.59. The lowest BCUT2D eigenvalue weighted by molar-refractivity contribution is -0.122. The summed E-state index contributed by atoms with van der Waals surface area (Å²) in [7, 11) is 1.61. The fourth-order valence-electron chi connectivity index (χ4n) is 3.40. The predicted molar refractivity (Wildman–Crippen MR) is 120 cm³/mol. The first-order valence-electron chi connectivity index (χ1n) is 9.98. The summed E-state index contributed by atoms with van der Waals surface area (Å²) in [6, 6.07) is 11.1. The molecule has 0 aromatic heterocycles. The number of fused-ring (bicyclic) bond motifs is 1. The standard InChI is InChI=1S/C23H24N2O5S/c1-14(2)11-25-22(26)18(24-23(25)31)9-15-4-6-19(27-3)16(8-15)12-28-17-5-7-20-21(10-17)30-13-29-20/h4-10,14H,11-13H2,1-3H3,(H,24,31)/b18-9+. The Morgan fingerprint density at radius 2 is 2.00 bits per heavy atom. The first-order chi connectivity index (χ1) is 14.9. The van der Waals surface area contributed by atoms with Crippen molar-refractivity contribution in [3.8, 4) is 23.0 Å². The molecule has 1 saturated heterocycles. The van der Waals surface area contributed by atoms with E-state index >= 15 is 0 Å². The number of carbonyl (C=O) groups excluding carboxylic acids is 1. The monoisotopic (exact) mass is 440 g/mol. The molecule has 0 radical (unpaired) electrons. The highest BCUT2D eigenvalue weighted by molar-refractivity contribution is 7.80. The lowest BCUT2D eigenvalue weighted by atomic mass is 10.1. The Hall–Kier alpha value is -3.26. The molecule has 8 heteroatoms. The molecular weight excluding hydrogens is 416 g/mol. The van der Waals surface area contributed by atoms with E-state index in [2.05, 4.69) is 5.32 Å². The Labute approximate surface area is 186 Å². The molecule has 1 fully saturated rings. The minimum absolute atomic E-state index is 0.118. The first-order valence-corrected chi connectivity index (χ1v) is 10.4. The van der Waals surface area contributed by atoms with Crippen LogP contribution in [0.2, 0.25) is 0 Å². The largest absolute Gasteiger partial charge is 0.496 e. The highest BCUT2D eigenvalue weighted by Crippen LogP contribution is 2.35. The van der Waals surface area contributed by atoms with Gasteiger partial charge in [0.25, 0.3) is 5.91 Å². The smallest absolute Gasteiger partial charge is 0.276 e. The summed E-state index contributed by atoms with van der Waals surface area (Å²) in [5, 5.41) is 3.45. The topological polar surface area (TPSA) is 69.3 Å². The van der Waals surface area contributed by atoms with Crippen molar-refractivity contribution in [2.24, 2.45) is 5.92 Å². The van der Waals surface area contributed by atoms with Crippen LogP contribution in [0, 0.1) is 5.92 Å². The van der Waals surface area contributed by atoms with Gasteiger partial charge in [-0.15, -0.1) is 0 Å². The number of hydrogen-bond acceptors (Lipinski definition) is 6. The summed E-state index contributed by atoms with van der Waals surface area (Å²) >= 11 is 5.32. The number of thiocarbonyl (C=S) groups is 1. The van der Waals surface area contributed by atoms with Crippen LogP contribution in [-0.2, 0) is 11.4 Å². The van der Waals surface area contributed by atoms with Gasteiger partial charge in [0.2, 0.25) is 6.79 Å². The van der Waals surface area contributed by atoms with Gasteiger partial charge in [-0.25, -0.2) is 0 Å². The van der Waals surface area contributed by atoms with Gasteiger partial charge in [0.1, 0.15) is 23.8 Å². The van der Waals surface area contributed by atoms with Gasteiger partial charge in [-0.2, -0.15) is 0 Å². The second-order valence-electron chi connectivity index (χ2n) is 7.67. The second-order valence-corrected chi connectivity index (χ2v) is 8.06. The molecule has 31 heavy (non-hydrogen) atoms. The van der Waals surface area contributed by atoms with Gasteiger partial charge in [0, 0.05) is 18.2 Å². The van der Waals surface area contributed by atoms with Crippen LogP contribution < -0.4 is 24.3 Å². The highest BCUT2D eigenvalue weighted by Gasteiger charge is 2.30. The number of benzene rings is 2. The zero-order valence-electron chi connectivity index (χ0n) is 17.6. The molecule has 0 saturated carbocycles. The summed E-state index contributed by atoms with van der Waals surface area (Å²) in [5.41, 5.74) is 2.15. The molecule has 162 valence electrons. The number of nitrogens with one attached hydrogen (secondary N) is 1. The predicted octanol–water partition coefficient (Wildman–Crippen LogP) is 3.72. The van der Waals surface area contributed by atoms with Crippen LogP contribution in [0.5, 0.6) is 23.0 Å². The summed E-state index contributed by atoms with van der Waals surface area (Å²) in [6.45, 7) is 5.19. The molecule has 0 bridgehead atoms. The fourth-order valence-corrected chi connectivity index (χ4v) is 3.67. The van der Waals surface area contributed by atoms with E-state index in [1.54, 1.807) is 24.2 Å². The molecule has 2 aliphatic rings. The van der Waals surface area contributed by atoms with E-state index in [1.807, 2.05) is 44.2 Å². The maximum absolute atomic E-state index is 12.7. The summed E-state index contributed by atoms with van der Waals surface area (Å²) in [6.07, 6.45) is 1.79. The Morgan fingerprint density at radius 1 is 1.19 bits per heavy atom. The fraction of sp³-hybridized carbons (Fsp3) is 0.304. The van der Waals surface area contributed by atoms with Crippen LogP contribution in [0.3, 0.4) is 0 Å². The van der Waals surface area contributed by atoms with Crippen LogP contribution in [0.4, 0.5) is 0 Å². The number of carbonyl (C=O) groups is 1. The molecule has 1 N–H and O–H groups in total. The van der Waals surface area contributed by atoms with Crippen LogP contribution in [0.15, 0.2) is 42.1 Å². The molecule has 0 atom stereocenters. The van der Waals surface area contributed by atoms with Crippen molar-refractivity contribution in [2.45, 2.75) is 20.5 Å². The summed E-state index contributed by atoms with van der Waals surface area (Å²) in [4.78, 5) is 14.3. The molecule has 0 unspecified atom stereocenters. The molecule has 7 nitrogen and oxygen atoms in total. The van der Waals surface area contributed by atoms with Crippen LogP contribution in [-0.4, -0.2) is 36.4 Å². The summed E-state index contributed by atoms with van der Waals surface area (Å²) in [5.74, 6) is 2.94. The van der Waals surface area contributed by atoms with E-state index < -0.39 is 0 Å². The number of rotatable bonds is 7. The summed E-state index contributed by atoms with van der Waals surface area (Å²) < 4.78 is 22.1. The average molecular weight is 441 g/mol. The molecule has 2 aliphatic heterocycles. The third-order valence-corrected chi connectivity index (χ3v) is 5.19. The third-order valence-electron chi connectivity index (χ3n) is 4.86. The van der Waals surface area contributed by atoms with Crippen molar-refractivity contribution in [3.05, 3.63) is 53.2 Å². The van der Waals surface area contributed by atoms with Crippen molar-refractivity contribution in [2.75, 3.05) is 20.4 Å². The quantitative estimate of drug-likeness (QED) is 0.520. The number of nitrogens with zero attached hydrogens (tertiary/aromatic N) is 1. The molecule has 2 aromatic rings. The number of amides is 1. The van der Waals surface area contributed by atoms with Crippen LogP contribution in [0.25, 0.3) is 6.08 Å². The van der Waals surface area contributed by atoms with Gasteiger partial charge in [0.15, 0.2) is 16.6 Å². The zero-order valence-corrected chi connectivity index (χ0v) is 18.5. The average Bonchev–Trinajstić information content (AvgIpc) is 3.32. The van der Waals surface area contributed by atoms with E-state index in [0.717, 1.165) is 11.1 Å². The Bertz CT molecular complexity index is 1050. The minimum atomic E-state index is -0.118. The van der Waals surface area contributed by atoms with Gasteiger partial charge in [-0.1, -0.05) is 19.9 Å². The Morgan fingerprint density at radius 3 is 2.77 bits per heavy atom. The van der Waals surface area contributed by atoms with E-state index in [1.165, 1.54) is 0 Å². The van der Waals surface area contributed by atoms with Gasteiger partial charge in [0.05, 0.1) is 7.11 Å². The van der Waals surface area contributed by atoms with Gasteiger partial charge < -0.3 is 24.3 Å². The van der Waals surface area contributed by atoms with Gasteiger partial charge >= 0.3 is 0 Å². The maximum Gasteiger partial charge on any atom is 0.276 e. The van der Waals surface area contributed by atoms with Crippen LogP contribution in [0.1, 0.15) is 25.0 Å².